The Labute approximate surface area is 203 Å². The zero-order chi connectivity index (χ0) is 23.3. The maximum absolute atomic E-state index is 12.8. The number of rotatable bonds is 4. The molecule has 1 heterocycles. The number of carbonyl (C=O) groups excluding carboxylic acids is 1. The highest BCUT2D eigenvalue weighted by atomic mass is 32.1. The van der Waals surface area contributed by atoms with Gasteiger partial charge in [-0.25, -0.2) is 4.79 Å². The fourth-order valence-electron chi connectivity index (χ4n) is 7.18. The molecule has 0 saturated heterocycles. The van der Waals surface area contributed by atoms with Crippen LogP contribution in [-0.2, 0) is 4.79 Å². The molecule has 4 aliphatic carbocycles. The van der Waals surface area contributed by atoms with Crippen molar-refractivity contribution >= 4 is 39.9 Å². The Bertz CT molecular complexity index is 1290. The molecule has 174 valence electrons. The SMILES string of the molecule is O=C(CC12CC3CC(CC(C3)C1)C2)NC(=S)Nc1ccc(-c2cc3ccccc3oc2=O)cc1. The first-order valence-corrected chi connectivity index (χ1v) is 12.6. The lowest BCUT2D eigenvalue weighted by Crippen LogP contribution is -2.48. The highest BCUT2D eigenvalue weighted by Crippen LogP contribution is 2.61. The van der Waals surface area contributed by atoms with Gasteiger partial charge in [0.15, 0.2) is 5.11 Å². The number of amides is 1. The zero-order valence-corrected chi connectivity index (χ0v) is 19.8. The molecule has 0 unspecified atom stereocenters. The molecule has 2 aromatic carbocycles. The Morgan fingerprint density at radius 1 is 0.971 bits per heavy atom. The standard InChI is InChI=1S/C28H28N2O3S/c31-25(16-28-13-17-9-18(14-28)11-19(10-17)15-28)30-27(34)29-22-7-5-20(6-8-22)23-12-21-3-1-2-4-24(21)33-26(23)32/h1-8,12,17-19H,9-11,13-16H2,(H2,29,30,31,34). The molecule has 34 heavy (non-hydrogen) atoms. The Kier molecular flexibility index (Phi) is 5.29. The molecule has 0 atom stereocenters. The number of hydrogen-bond acceptors (Lipinski definition) is 4. The predicted molar refractivity (Wildman–Crippen MR) is 138 cm³/mol. The van der Waals surface area contributed by atoms with Crippen LogP contribution in [0.1, 0.15) is 44.9 Å². The largest absolute Gasteiger partial charge is 0.422 e. The van der Waals surface area contributed by atoms with Crippen LogP contribution in [0.2, 0.25) is 0 Å². The Morgan fingerprint density at radius 2 is 1.62 bits per heavy atom. The molecule has 2 N–H and O–H groups in total. The average Bonchev–Trinajstić information content (AvgIpc) is 2.77. The third-order valence-electron chi connectivity index (χ3n) is 8.05. The molecule has 0 spiro atoms. The van der Waals surface area contributed by atoms with E-state index in [4.69, 9.17) is 16.6 Å². The minimum Gasteiger partial charge on any atom is -0.422 e. The summed E-state index contributed by atoms with van der Waals surface area (Å²) < 4.78 is 5.45. The van der Waals surface area contributed by atoms with Gasteiger partial charge >= 0.3 is 5.63 Å². The lowest BCUT2D eigenvalue weighted by molar-refractivity contribution is -0.127. The van der Waals surface area contributed by atoms with Crippen LogP contribution in [-0.4, -0.2) is 11.0 Å². The van der Waals surface area contributed by atoms with E-state index in [0.717, 1.165) is 34.4 Å². The van der Waals surface area contributed by atoms with Crippen LogP contribution in [0.5, 0.6) is 0 Å². The summed E-state index contributed by atoms with van der Waals surface area (Å²) in [6.07, 6.45) is 8.31. The van der Waals surface area contributed by atoms with Crippen LogP contribution >= 0.6 is 12.2 Å². The molecule has 6 heteroatoms. The highest BCUT2D eigenvalue weighted by Gasteiger charge is 2.51. The number of hydrogen-bond donors (Lipinski definition) is 2. The summed E-state index contributed by atoms with van der Waals surface area (Å²) in [5.74, 6) is 2.50. The number of benzene rings is 2. The maximum atomic E-state index is 12.8. The summed E-state index contributed by atoms with van der Waals surface area (Å²) in [4.78, 5) is 25.3. The topological polar surface area (TPSA) is 71.3 Å². The second-order valence-electron chi connectivity index (χ2n) is 10.7. The van der Waals surface area contributed by atoms with E-state index < -0.39 is 0 Å². The smallest absolute Gasteiger partial charge is 0.344 e. The molecule has 3 aromatic rings. The second kappa shape index (κ2) is 8.35. The third-order valence-corrected chi connectivity index (χ3v) is 8.25. The lowest BCUT2D eigenvalue weighted by Gasteiger charge is -2.56. The van der Waals surface area contributed by atoms with E-state index in [-0.39, 0.29) is 16.9 Å². The third kappa shape index (κ3) is 4.16. The summed E-state index contributed by atoms with van der Waals surface area (Å²) in [6.45, 7) is 0. The quantitative estimate of drug-likeness (QED) is 0.367. The summed E-state index contributed by atoms with van der Waals surface area (Å²) in [5.41, 5.74) is 2.43. The van der Waals surface area contributed by atoms with Gasteiger partial charge in [0.25, 0.3) is 0 Å². The van der Waals surface area contributed by atoms with Gasteiger partial charge in [-0.3, -0.25) is 4.79 Å². The van der Waals surface area contributed by atoms with Crippen molar-refractivity contribution in [3.8, 4) is 11.1 Å². The van der Waals surface area contributed by atoms with E-state index in [1.807, 2.05) is 48.5 Å². The van der Waals surface area contributed by atoms with Crippen LogP contribution in [0.3, 0.4) is 0 Å². The minimum atomic E-state index is -0.369. The summed E-state index contributed by atoms with van der Waals surface area (Å²) in [6, 6.07) is 16.7. The molecule has 0 aliphatic heterocycles. The van der Waals surface area contributed by atoms with E-state index in [1.54, 1.807) is 6.07 Å². The van der Waals surface area contributed by atoms with Crippen LogP contribution in [0.25, 0.3) is 22.1 Å². The van der Waals surface area contributed by atoms with Gasteiger partial charge < -0.3 is 15.1 Å². The van der Waals surface area contributed by atoms with Gasteiger partial charge in [0, 0.05) is 17.5 Å². The number of para-hydroxylation sites is 1. The van der Waals surface area contributed by atoms with Gasteiger partial charge in [0.1, 0.15) is 5.58 Å². The molecule has 4 saturated carbocycles. The predicted octanol–water partition coefficient (Wildman–Crippen LogP) is 5.88. The van der Waals surface area contributed by atoms with Crippen molar-refractivity contribution in [2.24, 2.45) is 23.2 Å². The van der Waals surface area contributed by atoms with Crippen molar-refractivity contribution in [1.82, 2.24) is 5.32 Å². The lowest BCUT2D eigenvalue weighted by atomic mass is 9.49. The number of carbonyl (C=O) groups is 1. The number of thiocarbonyl (C=S) groups is 1. The van der Waals surface area contributed by atoms with Gasteiger partial charge in [0.2, 0.25) is 5.91 Å². The average molecular weight is 473 g/mol. The summed E-state index contributed by atoms with van der Waals surface area (Å²) in [7, 11) is 0. The van der Waals surface area contributed by atoms with Crippen molar-refractivity contribution in [2.75, 3.05) is 5.32 Å². The van der Waals surface area contributed by atoms with E-state index in [1.165, 1.54) is 38.5 Å². The Hall–Kier alpha value is -2.99. The van der Waals surface area contributed by atoms with Crippen LogP contribution in [0.4, 0.5) is 5.69 Å². The summed E-state index contributed by atoms with van der Waals surface area (Å²) >= 11 is 5.41. The fourth-order valence-corrected chi connectivity index (χ4v) is 7.41. The first-order valence-electron chi connectivity index (χ1n) is 12.2. The van der Waals surface area contributed by atoms with Gasteiger partial charge in [0.05, 0.1) is 5.56 Å². The molecule has 1 amide bonds. The molecule has 4 bridgehead atoms. The van der Waals surface area contributed by atoms with Crippen LogP contribution in [0, 0.1) is 23.2 Å². The van der Waals surface area contributed by atoms with Crippen LogP contribution in [0.15, 0.2) is 63.8 Å². The van der Waals surface area contributed by atoms with Crippen molar-refractivity contribution < 1.29 is 9.21 Å². The fraction of sp³-hybridized carbons (Fsp3) is 0.393. The number of nitrogens with one attached hydrogen (secondary N) is 2. The van der Waals surface area contributed by atoms with Crippen LogP contribution < -0.4 is 16.3 Å². The first kappa shape index (κ1) is 21.5. The Morgan fingerprint density at radius 3 is 2.29 bits per heavy atom. The molecule has 1 aromatic heterocycles. The first-order chi connectivity index (χ1) is 16.4. The van der Waals surface area contributed by atoms with Gasteiger partial charge in [-0.1, -0.05) is 30.3 Å². The summed E-state index contributed by atoms with van der Waals surface area (Å²) in [5, 5.41) is 7.19. The van der Waals surface area contributed by atoms with E-state index in [2.05, 4.69) is 10.6 Å². The molecule has 0 radical (unpaired) electrons. The van der Waals surface area contributed by atoms with E-state index >= 15 is 0 Å². The highest BCUT2D eigenvalue weighted by molar-refractivity contribution is 7.80. The van der Waals surface area contributed by atoms with E-state index in [0.29, 0.717) is 22.7 Å². The van der Waals surface area contributed by atoms with Gasteiger partial charge in [-0.2, -0.15) is 0 Å². The molecular formula is C28H28N2O3S. The number of fused-ring (bicyclic) bond motifs is 1. The second-order valence-corrected chi connectivity index (χ2v) is 11.1. The molecular weight excluding hydrogens is 444 g/mol. The van der Waals surface area contributed by atoms with Gasteiger partial charge in [-0.15, -0.1) is 0 Å². The van der Waals surface area contributed by atoms with Gasteiger partial charge in [-0.05, 0) is 104 Å². The van der Waals surface area contributed by atoms with Crippen molar-refractivity contribution in [3.63, 3.8) is 0 Å². The van der Waals surface area contributed by atoms with E-state index in [9.17, 15) is 9.59 Å². The molecule has 4 fully saturated rings. The maximum Gasteiger partial charge on any atom is 0.344 e. The van der Waals surface area contributed by atoms with Crippen molar-refractivity contribution in [3.05, 3.63) is 65.0 Å². The van der Waals surface area contributed by atoms with Crippen molar-refractivity contribution in [1.29, 1.82) is 0 Å². The normalized spacial score (nSPS) is 27.0. The minimum absolute atomic E-state index is 0.0184. The zero-order valence-electron chi connectivity index (χ0n) is 19.0. The molecule has 5 nitrogen and oxygen atoms in total. The molecule has 4 aliphatic rings. The number of anilines is 1. The van der Waals surface area contributed by atoms with Crippen molar-refractivity contribution in [2.45, 2.75) is 44.9 Å². The monoisotopic (exact) mass is 472 g/mol. The Balaban J connectivity index is 1.09. The molecule has 7 rings (SSSR count).